The molecule has 19 heavy (non-hydrogen) atoms. The van der Waals surface area contributed by atoms with Crippen LogP contribution in [0.2, 0.25) is 0 Å². The van der Waals surface area contributed by atoms with Crippen molar-refractivity contribution in [1.82, 2.24) is 20.0 Å². The number of hydrogen-bond donors (Lipinski definition) is 2. The molecule has 2 rings (SSSR count). The Labute approximate surface area is 114 Å². The smallest absolute Gasteiger partial charge is 0.321 e. The first-order valence-corrected chi connectivity index (χ1v) is 7.05. The SMILES string of the molecule is CCN(CC)C(=O)Nc1cnn(C2CCNCC2)c1. The van der Waals surface area contributed by atoms with E-state index >= 15 is 0 Å². The molecule has 2 heterocycles. The predicted molar refractivity (Wildman–Crippen MR) is 75.3 cm³/mol. The highest BCUT2D eigenvalue weighted by molar-refractivity contribution is 5.88. The van der Waals surface area contributed by atoms with Gasteiger partial charge in [0.2, 0.25) is 0 Å². The zero-order valence-corrected chi connectivity index (χ0v) is 11.7. The Morgan fingerprint density at radius 3 is 2.79 bits per heavy atom. The summed E-state index contributed by atoms with van der Waals surface area (Å²) in [7, 11) is 0. The zero-order chi connectivity index (χ0) is 13.7. The molecule has 0 spiro atoms. The summed E-state index contributed by atoms with van der Waals surface area (Å²) in [6, 6.07) is 0.384. The van der Waals surface area contributed by atoms with E-state index in [1.165, 1.54) is 0 Å². The molecule has 6 heteroatoms. The lowest BCUT2D eigenvalue weighted by Gasteiger charge is -2.22. The molecule has 0 bridgehead atoms. The van der Waals surface area contributed by atoms with E-state index in [1.807, 2.05) is 24.7 Å². The minimum Gasteiger partial charge on any atom is -0.325 e. The van der Waals surface area contributed by atoms with Crippen LogP contribution in [0.3, 0.4) is 0 Å². The second-order valence-corrected chi connectivity index (χ2v) is 4.79. The van der Waals surface area contributed by atoms with Gasteiger partial charge in [-0.05, 0) is 39.8 Å². The van der Waals surface area contributed by atoms with Crippen molar-refractivity contribution in [2.24, 2.45) is 0 Å². The van der Waals surface area contributed by atoms with Gasteiger partial charge in [-0.2, -0.15) is 5.10 Å². The Morgan fingerprint density at radius 1 is 1.47 bits per heavy atom. The van der Waals surface area contributed by atoms with E-state index in [1.54, 1.807) is 11.1 Å². The molecule has 0 saturated carbocycles. The summed E-state index contributed by atoms with van der Waals surface area (Å²) >= 11 is 0. The number of nitrogens with zero attached hydrogens (tertiary/aromatic N) is 3. The third-order valence-electron chi connectivity index (χ3n) is 3.59. The molecule has 2 N–H and O–H groups in total. The van der Waals surface area contributed by atoms with Gasteiger partial charge in [0, 0.05) is 19.3 Å². The molecule has 1 aliphatic heterocycles. The molecule has 1 aromatic heterocycles. The minimum absolute atomic E-state index is 0.0603. The lowest BCUT2D eigenvalue weighted by atomic mass is 10.1. The van der Waals surface area contributed by atoms with Crippen LogP contribution in [0, 0.1) is 0 Å². The van der Waals surface area contributed by atoms with Crippen LogP contribution in [0.4, 0.5) is 10.5 Å². The summed E-state index contributed by atoms with van der Waals surface area (Å²) in [5.41, 5.74) is 0.774. The number of urea groups is 1. The molecule has 1 fully saturated rings. The molecule has 2 amide bonds. The number of carbonyl (C=O) groups is 1. The van der Waals surface area contributed by atoms with Crippen molar-refractivity contribution in [2.75, 3.05) is 31.5 Å². The Hall–Kier alpha value is -1.56. The molecule has 1 aliphatic rings. The fourth-order valence-electron chi connectivity index (χ4n) is 2.39. The van der Waals surface area contributed by atoms with Crippen molar-refractivity contribution < 1.29 is 4.79 Å². The maximum Gasteiger partial charge on any atom is 0.321 e. The number of anilines is 1. The van der Waals surface area contributed by atoms with Crippen LogP contribution in [-0.4, -0.2) is 46.9 Å². The molecule has 6 nitrogen and oxygen atoms in total. The molecule has 0 radical (unpaired) electrons. The average molecular weight is 265 g/mol. The highest BCUT2D eigenvalue weighted by atomic mass is 16.2. The normalized spacial score (nSPS) is 16.3. The van der Waals surface area contributed by atoms with Crippen LogP contribution >= 0.6 is 0 Å². The van der Waals surface area contributed by atoms with Crippen molar-refractivity contribution in [3.05, 3.63) is 12.4 Å². The van der Waals surface area contributed by atoms with E-state index in [9.17, 15) is 4.79 Å². The van der Waals surface area contributed by atoms with Crippen molar-refractivity contribution in [3.8, 4) is 0 Å². The Kier molecular flexibility index (Phi) is 4.79. The molecule has 1 saturated heterocycles. The summed E-state index contributed by atoms with van der Waals surface area (Å²) < 4.78 is 1.97. The fraction of sp³-hybridized carbons (Fsp3) is 0.692. The van der Waals surface area contributed by atoms with Gasteiger partial charge in [0.1, 0.15) is 0 Å². The summed E-state index contributed by atoms with van der Waals surface area (Å²) in [6.45, 7) is 7.44. The minimum atomic E-state index is -0.0603. The monoisotopic (exact) mass is 265 g/mol. The van der Waals surface area contributed by atoms with Gasteiger partial charge in [-0.1, -0.05) is 0 Å². The van der Waals surface area contributed by atoms with Gasteiger partial charge < -0.3 is 15.5 Å². The molecular formula is C13H23N5O. The maximum absolute atomic E-state index is 11.9. The van der Waals surface area contributed by atoms with Crippen LogP contribution in [0.15, 0.2) is 12.4 Å². The van der Waals surface area contributed by atoms with Crippen LogP contribution in [-0.2, 0) is 0 Å². The van der Waals surface area contributed by atoms with Crippen LogP contribution in [0.25, 0.3) is 0 Å². The lowest BCUT2D eigenvalue weighted by molar-refractivity contribution is 0.217. The van der Waals surface area contributed by atoms with E-state index in [0.717, 1.165) is 31.6 Å². The molecule has 0 aliphatic carbocycles. The summed E-state index contributed by atoms with van der Waals surface area (Å²) in [5.74, 6) is 0. The Morgan fingerprint density at radius 2 is 2.16 bits per heavy atom. The average Bonchev–Trinajstić information content (AvgIpc) is 2.89. The first-order valence-electron chi connectivity index (χ1n) is 7.05. The van der Waals surface area contributed by atoms with Crippen molar-refractivity contribution in [3.63, 3.8) is 0 Å². The van der Waals surface area contributed by atoms with Gasteiger partial charge in [-0.3, -0.25) is 4.68 Å². The Bertz CT molecular complexity index is 407. The summed E-state index contributed by atoms with van der Waals surface area (Å²) in [5, 5.41) is 10.6. The third-order valence-corrected chi connectivity index (χ3v) is 3.59. The van der Waals surface area contributed by atoms with Gasteiger partial charge in [0.25, 0.3) is 0 Å². The van der Waals surface area contributed by atoms with E-state index in [4.69, 9.17) is 0 Å². The number of hydrogen-bond acceptors (Lipinski definition) is 3. The number of carbonyl (C=O) groups excluding carboxylic acids is 1. The molecule has 0 unspecified atom stereocenters. The Balaban J connectivity index is 1.95. The molecular weight excluding hydrogens is 242 g/mol. The number of aromatic nitrogens is 2. The van der Waals surface area contributed by atoms with E-state index in [2.05, 4.69) is 15.7 Å². The van der Waals surface area contributed by atoms with Crippen LogP contribution in [0.5, 0.6) is 0 Å². The van der Waals surface area contributed by atoms with Crippen molar-refractivity contribution in [2.45, 2.75) is 32.7 Å². The van der Waals surface area contributed by atoms with Gasteiger partial charge in [-0.15, -0.1) is 0 Å². The topological polar surface area (TPSA) is 62.2 Å². The van der Waals surface area contributed by atoms with Crippen molar-refractivity contribution >= 4 is 11.7 Å². The fourth-order valence-corrected chi connectivity index (χ4v) is 2.39. The number of piperidine rings is 1. The van der Waals surface area contributed by atoms with Crippen LogP contribution < -0.4 is 10.6 Å². The quantitative estimate of drug-likeness (QED) is 0.870. The van der Waals surface area contributed by atoms with E-state index < -0.39 is 0 Å². The van der Waals surface area contributed by atoms with E-state index in [-0.39, 0.29) is 6.03 Å². The number of rotatable bonds is 4. The van der Waals surface area contributed by atoms with Gasteiger partial charge in [0.15, 0.2) is 0 Å². The zero-order valence-electron chi connectivity index (χ0n) is 11.7. The molecule has 106 valence electrons. The molecule has 0 atom stereocenters. The van der Waals surface area contributed by atoms with Gasteiger partial charge >= 0.3 is 6.03 Å². The number of nitrogens with one attached hydrogen (secondary N) is 2. The van der Waals surface area contributed by atoms with Gasteiger partial charge in [-0.25, -0.2) is 4.79 Å². The van der Waals surface area contributed by atoms with Gasteiger partial charge in [0.05, 0.1) is 17.9 Å². The highest BCUT2D eigenvalue weighted by Crippen LogP contribution is 2.19. The first kappa shape index (κ1) is 13.9. The second kappa shape index (κ2) is 6.56. The summed E-state index contributed by atoms with van der Waals surface area (Å²) in [6.07, 6.45) is 5.83. The number of amides is 2. The highest BCUT2D eigenvalue weighted by Gasteiger charge is 2.16. The lowest BCUT2D eigenvalue weighted by Crippen LogP contribution is -2.34. The molecule has 0 aromatic carbocycles. The first-order chi connectivity index (χ1) is 9.24. The summed E-state index contributed by atoms with van der Waals surface area (Å²) in [4.78, 5) is 13.7. The predicted octanol–water partition coefficient (Wildman–Crippen LogP) is 1.68. The molecule has 1 aromatic rings. The van der Waals surface area contributed by atoms with Crippen LogP contribution in [0.1, 0.15) is 32.7 Å². The largest absolute Gasteiger partial charge is 0.325 e. The standard InChI is InChI=1S/C13H23N5O/c1-3-17(4-2)13(19)16-11-9-15-18(10-11)12-5-7-14-8-6-12/h9-10,12,14H,3-8H2,1-2H3,(H,16,19). The third kappa shape index (κ3) is 3.47. The van der Waals surface area contributed by atoms with Crippen molar-refractivity contribution in [1.29, 1.82) is 0 Å². The second-order valence-electron chi connectivity index (χ2n) is 4.79. The maximum atomic E-state index is 11.9. The van der Waals surface area contributed by atoms with E-state index in [0.29, 0.717) is 19.1 Å².